The molecule has 6 heteroatoms. The Morgan fingerprint density at radius 2 is 2.33 bits per heavy atom. The van der Waals surface area contributed by atoms with Gasteiger partial charge >= 0.3 is 0 Å². The molecule has 2 heterocycles. The third-order valence-electron chi connectivity index (χ3n) is 2.33. The summed E-state index contributed by atoms with van der Waals surface area (Å²) < 4.78 is 22.8. The summed E-state index contributed by atoms with van der Waals surface area (Å²) in [4.78, 5) is 3.92. The van der Waals surface area contributed by atoms with Crippen molar-refractivity contribution in [3.8, 4) is 11.5 Å². The minimum atomic E-state index is -0.375. The van der Waals surface area contributed by atoms with E-state index >= 15 is 0 Å². The molecule has 0 saturated heterocycles. The van der Waals surface area contributed by atoms with Crippen LogP contribution >= 0.6 is 0 Å². The van der Waals surface area contributed by atoms with E-state index in [9.17, 15) is 4.39 Å². The molecule has 0 aromatic carbocycles. The predicted molar refractivity (Wildman–Crippen MR) is 63.3 cm³/mol. The monoisotopic (exact) mass is 251 g/mol. The third kappa shape index (κ3) is 3.35. The number of rotatable bonds is 6. The van der Waals surface area contributed by atoms with Gasteiger partial charge in [-0.3, -0.25) is 0 Å². The van der Waals surface area contributed by atoms with Crippen molar-refractivity contribution in [1.29, 1.82) is 0 Å². The van der Waals surface area contributed by atoms with Crippen molar-refractivity contribution >= 4 is 0 Å². The van der Waals surface area contributed by atoms with Crippen molar-refractivity contribution in [1.82, 2.24) is 15.5 Å². The molecule has 5 nitrogen and oxygen atoms in total. The van der Waals surface area contributed by atoms with E-state index in [1.165, 1.54) is 6.07 Å². The number of hydrogen-bond acceptors (Lipinski definition) is 5. The highest BCUT2D eigenvalue weighted by molar-refractivity contribution is 5.51. The van der Waals surface area contributed by atoms with Gasteiger partial charge in [-0.2, -0.15) is 0 Å². The lowest BCUT2D eigenvalue weighted by atomic mass is 10.2. The number of nitrogens with one attached hydrogen (secondary N) is 1. The number of aromatic nitrogens is 2. The molecule has 2 aromatic heterocycles. The molecule has 0 amide bonds. The molecule has 0 unspecified atom stereocenters. The van der Waals surface area contributed by atoms with Crippen molar-refractivity contribution in [3.05, 3.63) is 35.9 Å². The first-order valence-corrected chi connectivity index (χ1v) is 5.57. The Kier molecular flexibility index (Phi) is 4.38. The number of methoxy groups -OCH3 is 1. The number of halogens is 1. The molecule has 96 valence electrons. The highest BCUT2D eigenvalue weighted by atomic mass is 19.1. The van der Waals surface area contributed by atoms with E-state index in [1.54, 1.807) is 19.2 Å². The number of pyridine rings is 1. The van der Waals surface area contributed by atoms with Crippen LogP contribution in [0.5, 0.6) is 0 Å². The van der Waals surface area contributed by atoms with Gasteiger partial charge in [0.25, 0.3) is 0 Å². The van der Waals surface area contributed by atoms with Crippen LogP contribution in [0, 0.1) is 5.82 Å². The van der Waals surface area contributed by atoms with Gasteiger partial charge in [0.1, 0.15) is 11.5 Å². The van der Waals surface area contributed by atoms with Crippen LogP contribution in [0.15, 0.2) is 28.9 Å². The van der Waals surface area contributed by atoms with E-state index in [2.05, 4.69) is 15.5 Å². The second kappa shape index (κ2) is 6.23. The fraction of sp³-hybridized carbons (Fsp3) is 0.333. The molecule has 0 aliphatic heterocycles. The average molecular weight is 251 g/mol. The fourth-order valence-corrected chi connectivity index (χ4v) is 1.43. The molecule has 0 saturated carbocycles. The molecule has 0 fully saturated rings. The van der Waals surface area contributed by atoms with E-state index < -0.39 is 0 Å². The van der Waals surface area contributed by atoms with Gasteiger partial charge < -0.3 is 14.6 Å². The normalized spacial score (nSPS) is 10.8. The zero-order valence-electron chi connectivity index (χ0n) is 10.0. The zero-order valence-corrected chi connectivity index (χ0v) is 10.0. The van der Waals surface area contributed by atoms with Crippen molar-refractivity contribution in [2.45, 2.75) is 6.54 Å². The highest BCUT2D eigenvalue weighted by Crippen LogP contribution is 2.17. The fourth-order valence-electron chi connectivity index (χ4n) is 1.43. The molecular formula is C12H14FN3O2. The Labute approximate surface area is 104 Å². The van der Waals surface area contributed by atoms with Gasteiger partial charge in [-0.05, 0) is 12.1 Å². The molecule has 1 N–H and O–H groups in total. The SMILES string of the molecule is COCCNCc1cc(-c2ccc(F)cn2)on1. The van der Waals surface area contributed by atoms with Crippen molar-refractivity contribution in [3.63, 3.8) is 0 Å². The standard InChI is InChI=1S/C12H14FN3O2/c1-17-5-4-14-8-10-6-12(18-16-10)11-3-2-9(13)7-15-11/h2-3,6-7,14H,4-5,8H2,1H3. The Balaban J connectivity index is 1.95. The summed E-state index contributed by atoms with van der Waals surface area (Å²) >= 11 is 0. The summed E-state index contributed by atoms with van der Waals surface area (Å²) in [6, 6.07) is 4.67. The summed E-state index contributed by atoms with van der Waals surface area (Å²) in [5, 5.41) is 7.05. The minimum Gasteiger partial charge on any atom is -0.383 e. The van der Waals surface area contributed by atoms with Gasteiger partial charge in [-0.25, -0.2) is 9.37 Å². The molecule has 0 aliphatic carbocycles. The lowest BCUT2D eigenvalue weighted by Crippen LogP contribution is -2.18. The van der Waals surface area contributed by atoms with Crippen LogP contribution < -0.4 is 5.32 Å². The first-order chi connectivity index (χ1) is 8.79. The maximum atomic E-state index is 12.7. The summed E-state index contributed by atoms with van der Waals surface area (Å²) in [5.74, 6) is 0.151. The van der Waals surface area contributed by atoms with Crippen LogP contribution in [0.2, 0.25) is 0 Å². The van der Waals surface area contributed by atoms with E-state index in [0.717, 1.165) is 18.4 Å². The lowest BCUT2D eigenvalue weighted by molar-refractivity contribution is 0.199. The molecule has 0 bridgehead atoms. The zero-order chi connectivity index (χ0) is 12.8. The highest BCUT2D eigenvalue weighted by Gasteiger charge is 2.07. The van der Waals surface area contributed by atoms with Gasteiger partial charge in [0.2, 0.25) is 0 Å². The Hall–Kier alpha value is -1.79. The largest absolute Gasteiger partial charge is 0.383 e. The number of hydrogen-bond donors (Lipinski definition) is 1. The Morgan fingerprint density at radius 1 is 1.44 bits per heavy atom. The molecule has 0 spiro atoms. The van der Waals surface area contributed by atoms with Crippen molar-refractivity contribution in [2.75, 3.05) is 20.3 Å². The summed E-state index contributed by atoms with van der Waals surface area (Å²) in [6.45, 7) is 1.98. The lowest BCUT2D eigenvalue weighted by Gasteiger charge is -1.99. The van der Waals surface area contributed by atoms with Crippen LogP contribution in [-0.4, -0.2) is 30.4 Å². The van der Waals surface area contributed by atoms with Crippen LogP contribution in [0.3, 0.4) is 0 Å². The Bertz CT molecular complexity index is 484. The minimum absolute atomic E-state index is 0.375. The van der Waals surface area contributed by atoms with Crippen LogP contribution in [-0.2, 0) is 11.3 Å². The van der Waals surface area contributed by atoms with Gasteiger partial charge in [-0.1, -0.05) is 5.16 Å². The van der Waals surface area contributed by atoms with E-state index in [0.29, 0.717) is 24.6 Å². The molecular weight excluding hydrogens is 237 g/mol. The van der Waals surface area contributed by atoms with Gasteiger partial charge in [0, 0.05) is 26.3 Å². The van der Waals surface area contributed by atoms with E-state index in [1.807, 2.05) is 0 Å². The van der Waals surface area contributed by atoms with Crippen LogP contribution in [0.4, 0.5) is 4.39 Å². The van der Waals surface area contributed by atoms with Gasteiger partial charge in [0.05, 0.1) is 18.5 Å². The van der Waals surface area contributed by atoms with Crippen LogP contribution in [0.1, 0.15) is 5.69 Å². The van der Waals surface area contributed by atoms with E-state index in [-0.39, 0.29) is 5.82 Å². The maximum Gasteiger partial charge on any atom is 0.185 e. The molecule has 0 atom stereocenters. The molecule has 2 rings (SSSR count). The topological polar surface area (TPSA) is 60.2 Å². The summed E-state index contributed by atoms with van der Waals surface area (Å²) in [7, 11) is 1.65. The average Bonchev–Trinajstić information content (AvgIpc) is 2.84. The summed E-state index contributed by atoms with van der Waals surface area (Å²) in [6.07, 6.45) is 1.15. The quantitative estimate of drug-likeness (QED) is 0.790. The third-order valence-corrected chi connectivity index (χ3v) is 2.33. The van der Waals surface area contributed by atoms with E-state index in [4.69, 9.17) is 9.26 Å². The molecule has 2 aromatic rings. The Morgan fingerprint density at radius 3 is 3.06 bits per heavy atom. The van der Waals surface area contributed by atoms with Crippen LogP contribution in [0.25, 0.3) is 11.5 Å². The number of nitrogens with zero attached hydrogens (tertiary/aromatic N) is 2. The molecule has 0 aliphatic rings. The van der Waals surface area contributed by atoms with Crippen molar-refractivity contribution in [2.24, 2.45) is 0 Å². The van der Waals surface area contributed by atoms with Gasteiger partial charge in [0.15, 0.2) is 5.76 Å². The second-order valence-corrected chi connectivity index (χ2v) is 3.71. The molecule has 18 heavy (non-hydrogen) atoms. The molecule has 0 radical (unpaired) electrons. The number of ether oxygens (including phenoxy) is 1. The predicted octanol–water partition coefficient (Wildman–Crippen LogP) is 1.61. The maximum absolute atomic E-state index is 12.7. The first kappa shape index (κ1) is 12.7. The summed E-state index contributed by atoms with van der Waals surface area (Å²) in [5.41, 5.74) is 1.33. The van der Waals surface area contributed by atoms with Gasteiger partial charge in [-0.15, -0.1) is 0 Å². The smallest absolute Gasteiger partial charge is 0.185 e. The second-order valence-electron chi connectivity index (χ2n) is 3.71. The van der Waals surface area contributed by atoms with Crippen molar-refractivity contribution < 1.29 is 13.7 Å². The first-order valence-electron chi connectivity index (χ1n) is 5.57.